The van der Waals surface area contributed by atoms with Gasteiger partial charge in [-0.05, 0) is 49.1 Å². The van der Waals surface area contributed by atoms with Crippen LogP contribution >= 0.6 is 0 Å². The van der Waals surface area contributed by atoms with Crippen LogP contribution in [0.4, 0.5) is 0 Å². The summed E-state index contributed by atoms with van der Waals surface area (Å²) in [5, 5.41) is 0. The molecule has 0 N–H and O–H groups in total. The largest absolute Gasteiger partial charge is 0.488 e. The summed E-state index contributed by atoms with van der Waals surface area (Å²) in [7, 11) is 0. The molecular formula is C19H22O2. The van der Waals surface area contributed by atoms with Crippen LogP contribution in [0.25, 0.3) is 0 Å². The van der Waals surface area contributed by atoms with Crippen LogP contribution in [0.3, 0.4) is 0 Å². The first-order chi connectivity index (χ1) is 10.2. The number of hydrogen-bond acceptors (Lipinski definition) is 2. The van der Waals surface area contributed by atoms with Crippen LogP contribution in [0.5, 0.6) is 5.75 Å². The average molecular weight is 282 g/mol. The predicted octanol–water partition coefficient (Wildman–Crippen LogP) is 4.06. The molecule has 1 unspecified atom stereocenters. The van der Waals surface area contributed by atoms with Gasteiger partial charge in [-0.2, -0.15) is 0 Å². The Kier molecular flexibility index (Phi) is 4.26. The molecule has 1 atom stereocenters. The quantitative estimate of drug-likeness (QED) is 0.842. The molecular weight excluding hydrogens is 260 g/mol. The van der Waals surface area contributed by atoms with Crippen LogP contribution in [0.2, 0.25) is 0 Å². The van der Waals surface area contributed by atoms with E-state index < -0.39 is 0 Å². The van der Waals surface area contributed by atoms with Gasteiger partial charge in [0, 0.05) is 6.42 Å². The van der Waals surface area contributed by atoms with E-state index in [1.807, 2.05) is 0 Å². The SMILES string of the molecule is Cc1ccc(C)c(Cc2ccc(OC3CCOC3)cc2)c1. The van der Waals surface area contributed by atoms with Gasteiger partial charge in [0.2, 0.25) is 0 Å². The lowest BCUT2D eigenvalue weighted by Crippen LogP contribution is -2.15. The smallest absolute Gasteiger partial charge is 0.124 e. The highest BCUT2D eigenvalue weighted by Gasteiger charge is 2.16. The molecule has 2 heteroatoms. The highest BCUT2D eigenvalue weighted by molar-refractivity contribution is 5.36. The van der Waals surface area contributed by atoms with Crippen molar-refractivity contribution in [2.75, 3.05) is 13.2 Å². The second-order valence-corrected chi connectivity index (χ2v) is 5.85. The maximum atomic E-state index is 5.90. The monoisotopic (exact) mass is 282 g/mol. The minimum atomic E-state index is 0.217. The molecule has 1 aliphatic rings. The molecule has 0 amide bonds. The van der Waals surface area contributed by atoms with Crippen molar-refractivity contribution in [3.05, 3.63) is 64.7 Å². The fourth-order valence-corrected chi connectivity index (χ4v) is 2.69. The molecule has 1 saturated heterocycles. The topological polar surface area (TPSA) is 18.5 Å². The molecule has 21 heavy (non-hydrogen) atoms. The maximum absolute atomic E-state index is 5.90. The second-order valence-electron chi connectivity index (χ2n) is 5.85. The average Bonchev–Trinajstić information content (AvgIpc) is 2.98. The Bertz CT molecular complexity index is 595. The second kappa shape index (κ2) is 6.31. The molecule has 2 aromatic rings. The van der Waals surface area contributed by atoms with Crippen LogP contribution in [-0.2, 0) is 11.2 Å². The third kappa shape index (κ3) is 3.64. The fraction of sp³-hybridized carbons (Fsp3) is 0.368. The van der Waals surface area contributed by atoms with Crippen molar-refractivity contribution in [3.63, 3.8) is 0 Å². The molecule has 1 aliphatic heterocycles. The van der Waals surface area contributed by atoms with Crippen LogP contribution in [0, 0.1) is 13.8 Å². The van der Waals surface area contributed by atoms with Gasteiger partial charge in [-0.3, -0.25) is 0 Å². The van der Waals surface area contributed by atoms with E-state index in [0.717, 1.165) is 25.2 Å². The summed E-state index contributed by atoms with van der Waals surface area (Å²) >= 11 is 0. The molecule has 0 aromatic heterocycles. The van der Waals surface area contributed by atoms with Crippen molar-refractivity contribution in [1.82, 2.24) is 0 Å². The Labute approximate surface area is 126 Å². The Morgan fingerprint density at radius 2 is 1.90 bits per heavy atom. The van der Waals surface area contributed by atoms with Crippen molar-refractivity contribution in [2.45, 2.75) is 32.8 Å². The van der Waals surface area contributed by atoms with Crippen LogP contribution in [0.15, 0.2) is 42.5 Å². The van der Waals surface area contributed by atoms with Gasteiger partial charge < -0.3 is 9.47 Å². The zero-order valence-electron chi connectivity index (χ0n) is 12.8. The summed E-state index contributed by atoms with van der Waals surface area (Å²) in [6, 6.07) is 15.1. The Hall–Kier alpha value is -1.80. The van der Waals surface area contributed by atoms with E-state index in [2.05, 4.69) is 56.3 Å². The van der Waals surface area contributed by atoms with Gasteiger partial charge in [0.15, 0.2) is 0 Å². The van der Waals surface area contributed by atoms with Gasteiger partial charge in [0.1, 0.15) is 11.9 Å². The molecule has 110 valence electrons. The standard InChI is InChI=1S/C19H22O2/c1-14-3-4-15(2)17(11-14)12-16-5-7-18(8-6-16)21-19-9-10-20-13-19/h3-8,11,19H,9-10,12-13H2,1-2H3. The summed E-state index contributed by atoms with van der Waals surface area (Å²) in [5.41, 5.74) is 5.38. The first kappa shape index (κ1) is 14.2. The maximum Gasteiger partial charge on any atom is 0.124 e. The third-order valence-electron chi connectivity index (χ3n) is 4.01. The first-order valence-corrected chi connectivity index (χ1v) is 7.60. The van der Waals surface area contributed by atoms with Crippen molar-refractivity contribution in [1.29, 1.82) is 0 Å². The molecule has 1 fully saturated rings. The first-order valence-electron chi connectivity index (χ1n) is 7.60. The zero-order valence-corrected chi connectivity index (χ0v) is 12.8. The molecule has 0 bridgehead atoms. The van der Waals surface area contributed by atoms with E-state index in [1.165, 1.54) is 22.3 Å². The molecule has 0 saturated carbocycles. The number of benzene rings is 2. The Balaban J connectivity index is 1.67. The molecule has 0 spiro atoms. The molecule has 2 nitrogen and oxygen atoms in total. The molecule has 0 radical (unpaired) electrons. The van der Waals surface area contributed by atoms with Crippen molar-refractivity contribution in [3.8, 4) is 5.75 Å². The van der Waals surface area contributed by atoms with E-state index in [4.69, 9.17) is 9.47 Å². The zero-order chi connectivity index (χ0) is 14.7. The fourth-order valence-electron chi connectivity index (χ4n) is 2.69. The van der Waals surface area contributed by atoms with E-state index in [9.17, 15) is 0 Å². The third-order valence-corrected chi connectivity index (χ3v) is 4.01. The molecule has 1 heterocycles. The lowest BCUT2D eigenvalue weighted by atomic mass is 9.99. The minimum Gasteiger partial charge on any atom is -0.488 e. The number of rotatable bonds is 4. The highest BCUT2D eigenvalue weighted by atomic mass is 16.5. The predicted molar refractivity (Wildman–Crippen MR) is 85.0 cm³/mol. The van der Waals surface area contributed by atoms with Gasteiger partial charge in [-0.25, -0.2) is 0 Å². The summed E-state index contributed by atoms with van der Waals surface area (Å²) < 4.78 is 11.2. The Morgan fingerprint density at radius 3 is 2.62 bits per heavy atom. The van der Waals surface area contributed by atoms with E-state index in [-0.39, 0.29) is 6.10 Å². The lowest BCUT2D eigenvalue weighted by molar-refractivity contribution is 0.141. The van der Waals surface area contributed by atoms with Crippen molar-refractivity contribution >= 4 is 0 Å². The number of ether oxygens (including phenoxy) is 2. The summed E-state index contributed by atoms with van der Waals surface area (Å²) in [6.07, 6.45) is 2.18. The van der Waals surface area contributed by atoms with Crippen molar-refractivity contribution in [2.24, 2.45) is 0 Å². The lowest BCUT2D eigenvalue weighted by Gasteiger charge is -2.12. The molecule has 2 aromatic carbocycles. The van der Waals surface area contributed by atoms with Gasteiger partial charge in [0.25, 0.3) is 0 Å². The minimum absolute atomic E-state index is 0.217. The highest BCUT2D eigenvalue weighted by Crippen LogP contribution is 2.20. The summed E-state index contributed by atoms with van der Waals surface area (Å²) in [5.74, 6) is 0.940. The van der Waals surface area contributed by atoms with E-state index >= 15 is 0 Å². The van der Waals surface area contributed by atoms with Gasteiger partial charge in [-0.15, -0.1) is 0 Å². The Morgan fingerprint density at radius 1 is 1.10 bits per heavy atom. The normalized spacial score (nSPS) is 17.9. The van der Waals surface area contributed by atoms with Gasteiger partial charge in [-0.1, -0.05) is 35.9 Å². The van der Waals surface area contributed by atoms with E-state index in [1.54, 1.807) is 0 Å². The molecule has 0 aliphatic carbocycles. The van der Waals surface area contributed by atoms with Crippen molar-refractivity contribution < 1.29 is 9.47 Å². The van der Waals surface area contributed by atoms with Gasteiger partial charge in [0.05, 0.1) is 13.2 Å². The summed E-state index contributed by atoms with van der Waals surface area (Å²) in [6.45, 7) is 5.84. The van der Waals surface area contributed by atoms with Crippen LogP contribution in [-0.4, -0.2) is 19.3 Å². The number of aryl methyl sites for hydroxylation is 2. The van der Waals surface area contributed by atoms with Crippen LogP contribution in [0.1, 0.15) is 28.7 Å². The van der Waals surface area contributed by atoms with E-state index in [0.29, 0.717) is 6.61 Å². The molecule has 3 rings (SSSR count). The van der Waals surface area contributed by atoms with Gasteiger partial charge >= 0.3 is 0 Å². The number of hydrogen-bond donors (Lipinski definition) is 0. The van der Waals surface area contributed by atoms with Crippen LogP contribution < -0.4 is 4.74 Å². The summed E-state index contributed by atoms with van der Waals surface area (Å²) in [4.78, 5) is 0.